The molecule has 2 aliphatic heterocycles. The third-order valence-corrected chi connectivity index (χ3v) is 12.4. The zero-order valence-electron chi connectivity index (χ0n) is 34.5. The summed E-state index contributed by atoms with van der Waals surface area (Å²) in [6.45, 7) is 11.1. The molecule has 2 aromatic heterocycles. The topological polar surface area (TPSA) is 141 Å². The van der Waals surface area contributed by atoms with Gasteiger partial charge < -0.3 is 24.7 Å². The molecule has 14 heteroatoms. The number of H-pyrrole nitrogens is 1. The van der Waals surface area contributed by atoms with E-state index in [1.54, 1.807) is 31.4 Å². The fourth-order valence-corrected chi connectivity index (χ4v) is 8.62. The molecule has 0 atom stereocenters. The largest absolute Gasteiger partial charge is 0.455 e. The van der Waals surface area contributed by atoms with E-state index >= 15 is 0 Å². The highest BCUT2D eigenvalue weighted by Gasteiger charge is 2.30. The molecular formula is C46H53ClN8O5. The van der Waals surface area contributed by atoms with Crippen LogP contribution in [-0.2, 0) is 4.74 Å². The Labute approximate surface area is 355 Å². The molecule has 0 unspecified atom stereocenters. The maximum Gasteiger partial charge on any atom is 0.294 e. The van der Waals surface area contributed by atoms with Crippen molar-refractivity contribution in [1.29, 1.82) is 0 Å². The Morgan fingerprint density at radius 1 is 1.05 bits per heavy atom. The van der Waals surface area contributed by atoms with E-state index in [-0.39, 0.29) is 11.1 Å². The van der Waals surface area contributed by atoms with Gasteiger partial charge in [0.25, 0.3) is 11.6 Å². The number of nitro benzene ring substituents is 1. The fraction of sp³-hybridized carbons (Fsp3) is 0.391. The predicted octanol–water partition coefficient (Wildman–Crippen LogP) is 9.32. The Hall–Kier alpha value is -5.63. The van der Waals surface area contributed by atoms with E-state index in [1.165, 1.54) is 34.2 Å². The number of hydrogen-bond acceptors (Lipinski definition) is 10. The van der Waals surface area contributed by atoms with Crippen LogP contribution < -0.4 is 25.4 Å². The smallest absolute Gasteiger partial charge is 0.294 e. The summed E-state index contributed by atoms with van der Waals surface area (Å²) >= 11 is 6.26. The van der Waals surface area contributed by atoms with Crippen LogP contribution in [0.3, 0.4) is 0 Å². The number of carbonyl (C=O) groups excluding carboxylic acids is 1. The Bertz CT molecular complexity index is 2370. The van der Waals surface area contributed by atoms with Gasteiger partial charge in [-0.3, -0.25) is 30.2 Å². The third-order valence-electron chi connectivity index (χ3n) is 12.1. The summed E-state index contributed by atoms with van der Waals surface area (Å²) < 4.78 is 11.9. The van der Waals surface area contributed by atoms with Gasteiger partial charge in [-0.05, 0) is 103 Å². The Kier molecular flexibility index (Phi) is 12.3. The van der Waals surface area contributed by atoms with Gasteiger partial charge in [-0.25, -0.2) is 4.98 Å². The molecule has 314 valence electrons. The number of aromatic nitrogens is 2. The second kappa shape index (κ2) is 17.9. The van der Waals surface area contributed by atoms with Crippen molar-refractivity contribution in [3.05, 3.63) is 117 Å². The van der Waals surface area contributed by atoms with Gasteiger partial charge in [-0.2, -0.15) is 0 Å². The van der Waals surface area contributed by atoms with Gasteiger partial charge in [0, 0.05) is 94.0 Å². The van der Waals surface area contributed by atoms with Crippen molar-refractivity contribution in [3.8, 4) is 11.5 Å². The molecule has 8 rings (SSSR count). The molecule has 5 aromatic rings. The van der Waals surface area contributed by atoms with Crippen LogP contribution in [0.1, 0.15) is 61.9 Å². The monoisotopic (exact) mass is 832 g/mol. The SMILES string of the molecule is CN(NC(=O)c1ccc(N2CCN(CC3=C(c4ccc(Cl)cc4)CC(C)(C)CC3)CC2)cc1Oc1cnc2[nH]ccc2c1)c1ccc(NCC2CCOCC2)c([N+](=O)[O-])c1. The molecule has 3 N–H and O–H groups in total. The summed E-state index contributed by atoms with van der Waals surface area (Å²) in [5.74, 6) is 0.828. The van der Waals surface area contributed by atoms with Crippen LogP contribution in [0.15, 0.2) is 90.8 Å². The molecular weight excluding hydrogens is 780 g/mol. The second-order valence-corrected chi connectivity index (χ2v) is 17.4. The number of nitrogens with zero attached hydrogens (tertiary/aromatic N) is 5. The van der Waals surface area contributed by atoms with E-state index in [9.17, 15) is 14.9 Å². The van der Waals surface area contributed by atoms with E-state index in [1.807, 2.05) is 42.6 Å². The normalized spacial score (nSPS) is 17.4. The lowest BCUT2D eigenvalue weighted by Gasteiger charge is -2.39. The number of nitro groups is 1. The number of allylic oxidation sites excluding steroid dienone is 1. The first-order chi connectivity index (χ1) is 29.0. The number of carbonyl (C=O) groups is 1. The van der Waals surface area contributed by atoms with Gasteiger partial charge in [0.1, 0.15) is 22.8 Å². The lowest BCUT2D eigenvalue weighted by Crippen LogP contribution is -2.47. The Balaban J connectivity index is 0.983. The summed E-state index contributed by atoms with van der Waals surface area (Å²) in [6, 6.07) is 22.6. The number of aromatic amines is 1. The molecule has 0 saturated carbocycles. The van der Waals surface area contributed by atoms with E-state index < -0.39 is 10.8 Å². The highest BCUT2D eigenvalue weighted by Crippen LogP contribution is 2.43. The quantitative estimate of drug-likeness (QED) is 0.0777. The summed E-state index contributed by atoms with van der Waals surface area (Å²) in [5, 5.41) is 18.5. The number of fused-ring (bicyclic) bond motifs is 1. The molecule has 0 radical (unpaired) electrons. The summed E-state index contributed by atoms with van der Waals surface area (Å²) in [6.07, 6.45) is 8.59. The first kappa shape index (κ1) is 41.1. The van der Waals surface area contributed by atoms with Crippen LogP contribution in [0.5, 0.6) is 11.5 Å². The number of hydrazine groups is 1. The predicted molar refractivity (Wildman–Crippen MR) is 238 cm³/mol. The van der Waals surface area contributed by atoms with Crippen molar-refractivity contribution in [1.82, 2.24) is 20.3 Å². The maximum absolute atomic E-state index is 14.0. The van der Waals surface area contributed by atoms with Gasteiger partial charge in [-0.1, -0.05) is 43.2 Å². The molecule has 1 aliphatic carbocycles. The average Bonchev–Trinajstić information content (AvgIpc) is 3.72. The molecule has 13 nitrogen and oxygen atoms in total. The highest BCUT2D eigenvalue weighted by atomic mass is 35.5. The standard InChI is InChI=1S/C46H53ClN8O5/c1-46(2)16-12-34(40(27-46)32-4-6-35(47)7-5-32)30-53-18-20-54(21-19-53)37-8-10-39(43(26-37)60-38-24-33-13-17-48-44(33)50-29-38)45(56)51-52(3)36-9-11-41(42(25-36)55(57)58)49-28-31-14-22-59-23-15-31/h4-11,13,17,24-26,29,31,49H,12,14-16,18-23,27-28,30H2,1-3H3,(H,48,50)(H,51,56). The number of amides is 1. The van der Waals surface area contributed by atoms with Crippen molar-refractivity contribution in [3.63, 3.8) is 0 Å². The third kappa shape index (κ3) is 9.70. The molecule has 4 heterocycles. The first-order valence-electron chi connectivity index (χ1n) is 20.8. The number of anilines is 3. The van der Waals surface area contributed by atoms with Crippen LogP contribution in [0.2, 0.25) is 5.02 Å². The summed E-state index contributed by atoms with van der Waals surface area (Å²) in [7, 11) is 1.66. The van der Waals surface area contributed by atoms with Gasteiger partial charge in [-0.15, -0.1) is 0 Å². The zero-order valence-corrected chi connectivity index (χ0v) is 35.3. The zero-order chi connectivity index (χ0) is 41.8. The lowest BCUT2D eigenvalue weighted by atomic mass is 9.72. The Morgan fingerprint density at radius 3 is 2.60 bits per heavy atom. The van der Waals surface area contributed by atoms with Crippen molar-refractivity contribution < 1.29 is 19.2 Å². The van der Waals surface area contributed by atoms with Gasteiger partial charge >= 0.3 is 0 Å². The molecule has 3 aromatic carbocycles. The van der Waals surface area contributed by atoms with Crippen LogP contribution in [0.25, 0.3) is 16.6 Å². The van der Waals surface area contributed by atoms with E-state index in [0.717, 1.165) is 80.2 Å². The van der Waals surface area contributed by atoms with E-state index in [2.05, 4.69) is 56.5 Å². The van der Waals surface area contributed by atoms with Crippen LogP contribution in [0, 0.1) is 21.4 Å². The number of ether oxygens (including phenoxy) is 2. The number of piperazine rings is 1. The molecule has 0 spiro atoms. The van der Waals surface area contributed by atoms with Gasteiger partial charge in [0.2, 0.25) is 0 Å². The molecule has 2 fully saturated rings. The van der Waals surface area contributed by atoms with Gasteiger partial charge in [0.05, 0.1) is 22.4 Å². The maximum atomic E-state index is 14.0. The van der Waals surface area contributed by atoms with Crippen molar-refractivity contribution in [2.24, 2.45) is 11.3 Å². The fourth-order valence-electron chi connectivity index (χ4n) is 8.49. The van der Waals surface area contributed by atoms with Crippen LogP contribution in [0.4, 0.5) is 22.7 Å². The van der Waals surface area contributed by atoms with Crippen molar-refractivity contribution >= 4 is 56.9 Å². The minimum absolute atomic E-state index is 0.0665. The highest BCUT2D eigenvalue weighted by molar-refractivity contribution is 6.30. The number of benzene rings is 3. The lowest BCUT2D eigenvalue weighted by molar-refractivity contribution is -0.383. The van der Waals surface area contributed by atoms with Crippen LogP contribution >= 0.6 is 11.6 Å². The molecule has 0 bridgehead atoms. The van der Waals surface area contributed by atoms with Crippen LogP contribution in [-0.4, -0.2) is 85.2 Å². The average molecular weight is 833 g/mol. The Morgan fingerprint density at radius 2 is 1.83 bits per heavy atom. The second-order valence-electron chi connectivity index (χ2n) is 17.0. The van der Waals surface area contributed by atoms with Crippen molar-refractivity contribution in [2.45, 2.75) is 46.0 Å². The summed E-state index contributed by atoms with van der Waals surface area (Å²) in [4.78, 5) is 38.3. The van der Waals surface area contributed by atoms with Gasteiger partial charge in [0.15, 0.2) is 0 Å². The van der Waals surface area contributed by atoms with E-state index in [0.29, 0.717) is 54.1 Å². The van der Waals surface area contributed by atoms with E-state index in [4.69, 9.17) is 21.1 Å². The number of rotatable bonds is 13. The first-order valence-corrected chi connectivity index (χ1v) is 21.2. The molecule has 2 saturated heterocycles. The molecule has 3 aliphatic rings. The number of nitrogens with one attached hydrogen (secondary N) is 3. The molecule has 60 heavy (non-hydrogen) atoms. The number of halogens is 1. The number of hydrogen-bond donors (Lipinski definition) is 3. The number of pyridine rings is 1. The molecule has 1 amide bonds. The minimum atomic E-state index is -0.427. The minimum Gasteiger partial charge on any atom is -0.455 e. The summed E-state index contributed by atoms with van der Waals surface area (Å²) in [5.41, 5.74) is 10.2. The van der Waals surface area contributed by atoms with Crippen molar-refractivity contribution in [2.75, 3.05) is 74.8 Å².